The standard InChI is InChI=1S/C11H24Cl2O3Si/c1-4-14-17(15-5-2,10-7-11(3)13)16-9-6-8-12/h11H,4-10H2,1-3H3. The van der Waals surface area contributed by atoms with Gasteiger partial charge < -0.3 is 13.3 Å². The van der Waals surface area contributed by atoms with Crippen LogP contribution in [-0.2, 0) is 13.3 Å². The largest absolute Gasteiger partial charge is 0.500 e. The summed E-state index contributed by atoms with van der Waals surface area (Å²) in [4.78, 5) is 0. The van der Waals surface area contributed by atoms with Crippen molar-refractivity contribution in [3.05, 3.63) is 0 Å². The summed E-state index contributed by atoms with van der Waals surface area (Å²) < 4.78 is 17.4. The Bertz CT molecular complexity index is 176. The lowest BCUT2D eigenvalue weighted by Crippen LogP contribution is -2.46. The SMILES string of the molecule is CCO[Si](CCC(C)Cl)(OCC)OCCCCl. The third-order valence-electron chi connectivity index (χ3n) is 2.18. The van der Waals surface area contributed by atoms with Crippen LogP contribution in [0.5, 0.6) is 0 Å². The van der Waals surface area contributed by atoms with Crippen LogP contribution >= 0.6 is 23.2 Å². The topological polar surface area (TPSA) is 27.7 Å². The normalized spacial score (nSPS) is 13.9. The Morgan fingerprint density at radius 2 is 1.71 bits per heavy atom. The summed E-state index contributed by atoms with van der Waals surface area (Å²) in [5, 5.41) is 0.111. The van der Waals surface area contributed by atoms with Crippen LogP contribution in [0.15, 0.2) is 0 Å². The van der Waals surface area contributed by atoms with E-state index in [0.717, 1.165) is 18.9 Å². The van der Waals surface area contributed by atoms with Gasteiger partial charge in [0.2, 0.25) is 0 Å². The molecular formula is C11H24Cl2O3Si. The van der Waals surface area contributed by atoms with E-state index in [1.54, 1.807) is 0 Å². The van der Waals surface area contributed by atoms with Crippen molar-refractivity contribution in [2.24, 2.45) is 0 Å². The molecule has 0 aliphatic heterocycles. The zero-order valence-corrected chi connectivity index (χ0v) is 13.5. The van der Waals surface area contributed by atoms with Gasteiger partial charge in [0.15, 0.2) is 0 Å². The number of alkyl halides is 2. The molecular weight excluding hydrogens is 279 g/mol. The van der Waals surface area contributed by atoms with Crippen LogP contribution in [0.3, 0.4) is 0 Å². The van der Waals surface area contributed by atoms with Crippen molar-refractivity contribution in [1.82, 2.24) is 0 Å². The Balaban J connectivity index is 4.36. The van der Waals surface area contributed by atoms with E-state index in [1.165, 1.54) is 0 Å². The summed E-state index contributed by atoms with van der Waals surface area (Å²) >= 11 is 11.6. The molecule has 0 heterocycles. The predicted octanol–water partition coefficient (Wildman–Crippen LogP) is 3.66. The quantitative estimate of drug-likeness (QED) is 0.331. The molecule has 0 aliphatic rings. The van der Waals surface area contributed by atoms with E-state index < -0.39 is 8.80 Å². The van der Waals surface area contributed by atoms with Crippen LogP contribution in [-0.4, -0.2) is 39.9 Å². The summed E-state index contributed by atoms with van der Waals surface area (Å²) in [7, 11) is -2.54. The minimum atomic E-state index is -2.54. The van der Waals surface area contributed by atoms with Gasteiger partial charge >= 0.3 is 8.80 Å². The first kappa shape index (κ1) is 17.7. The highest BCUT2D eigenvalue weighted by atomic mass is 35.5. The molecule has 0 bridgehead atoms. The number of rotatable bonds is 11. The number of hydrogen-bond donors (Lipinski definition) is 0. The van der Waals surface area contributed by atoms with E-state index >= 15 is 0 Å². The average molecular weight is 303 g/mol. The van der Waals surface area contributed by atoms with Crippen molar-refractivity contribution in [2.75, 3.05) is 25.7 Å². The molecule has 0 aliphatic carbocycles. The second-order valence-corrected chi connectivity index (χ2v) is 7.61. The Hall–Kier alpha value is 0.677. The fourth-order valence-corrected chi connectivity index (χ4v) is 4.65. The van der Waals surface area contributed by atoms with Gasteiger partial charge in [-0.3, -0.25) is 0 Å². The molecule has 1 atom stereocenters. The highest BCUT2D eigenvalue weighted by Crippen LogP contribution is 2.21. The van der Waals surface area contributed by atoms with Gasteiger partial charge in [0.25, 0.3) is 0 Å². The van der Waals surface area contributed by atoms with Crippen LogP contribution in [0.2, 0.25) is 6.04 Å². The van der Waals surface area contributed by atoms with Crippen LogP contribution in [0, 0.1) is 0 Å². The van der Waals surface area contributed by atoms with Crippen molar-refractivity contribution < 1.29 is 13.3 Å². The van der Waals surface area contributed by atoms with Crippen molar-refractivity contribution in [3.8, 4) is 0 Å². The number of hydrogen-bond acceptors (Lipinski definition) is 3. The molecule has 0 aromatic carbocycles. The van der Waals surface area contributed by atoms with E-state index in [1.807, 2.05) is 20.8 Å². The van der Waals surface area contributed by atoms with Gasteiger partial charge in [-0.25, -0.2) is 0 Å². The first-order chi connectivity index (χ1) is 8.10. The Labute approximate surface area is 116 Å². The second kappa shape index (κ2) is 10.6. The lowest BCUT2D eigenvalue weighted by Gasteiger charge is -2.29. The van der Waals surface area contributed by atoms with Crippen molar-refractivity contribution >= 4 is 32.0 Å². The maximum Gasteiger partial charge on any atom is 0.500 e. The van der Waals surface area contributed by atoms with Gasteiger partial charge in [-0.05, 0) is 33.6 Å². The van der Waals surface area contributed by atoms with Crippen molar-refractivity contribution in [2.45, 2.75) is 45.0 Å². The molecule has 0 aromatic rings. The minimum Gasteiger partial charge on any atom is -0.374 e. The van der Waals surface area contributed by atoms with Crippen LogP contribution in [0.4, 0.5) is 0 Å². The monoisotopic (exact) mass is 302 g/mol. The Morgan fingerprint density at radius 3 is 2.12 bits per heavy atom. The summed E-state index contributed by atoms with van der Waals surface area (Å²) in [5.41, 5.74) is 0. The van der Waals surface area contributed by atoms with Gasteiger partial charge in [0.05, 0.1) is 0 Å². The fourth-order valence-electron chi connectivity index (χ4n) is 1.44. The summed E-state index contributed by atoms with van der Waals surface area (Å²) in [6, 6.07) is 0.766. The van der Waals surface area contributed by atoms with Gasteiger partial charge in [0, 0.05) is 37.1 Å². The van der Waals surface area contributed by atoms with Crippen LogP contribution in [0.25, 0.3) is 0 Å². The van der Waals surface area contributed by atoms with Crippen molar-refractivity contribution in [3.63, 3.8) is 0 Å². The molecule has 0 aromatic heterocycles. The van der Waals surface area contributed by atoms with E-state index in [-0.39, 0.29) is 5.38 Å². The van der Waals surface area contributed by atoms with E-state index in [2.05, 4.69) is 0 Å². The molecule has 0 amide bonds. The number of halogens is 2. The summed E-state index contributed by atoms with van der Waals surface area (Å²) in [6.07, 6.45) is 1.65. The molecule has 0 N–H and O–H groups in total. The second-order valence-electron chi connectivity index (χ2n) is 3.76. The van der Waals surface area contributed by atoms with E-state index in [4.69, 9.17) is 36.5 Å². The molecule has 0 saturated carbocycles. The average Bonchev–Trinajstić information content (AvgIpc) is 2.27. The third-order valence-corrected chi connectivity index (χ3v) is 5.66. The maximum absolute atomic E-state index is 5.98. The van der Waals surface area contributed by atoms with Gasteiger partial charge in [0.1, 0.15) is 0 Å². The highest BCUT2D eigenvalue weighted by molar-refractivity contribution is 6.60. The first-order valence-electron chi connectivity index (χ1n) is 6.22. The minimum absolute atomic E-state index is 0.111. The molecule has 1 unspecified atom stereocenters. The lowest BCUT2D eigenvalue weighted by atomic mass is 10.4. The molecule has 0 radical (unpaired) electrons. The highest BCUT2D eigenvalue weighted by Gasteiger charge is 2.40. The molecule has 0 fully saturated rings. The van der Waals surface area contributed by atoms with Crippen LogP contribution in [0.1, 0.15) is 33.6 Å². The zero-order chi connectivity index (χ0) is 13.1. The Morgan fingerprint density at radius 1 is 1.12 bits per heavy atom. The fraction of sp³-hybridized carbons (Fsp3) is 1.00. The summed E-state index contributed by atoms with van der Waals surface area (Å²) in [6.45, 7) is 7.67. The van der Waals surface area contributed by atoms with E-state index in [9.17, 15) is 0 Å². The van der Waals surface area contributed by atoms with Crippen LogP contribution < -0.4 is 0 Å². The molecule has 0 spiro atoms. The molecule has 104 valence electrons. The predicted molar refractivity (Wildman–Crippen MR) is 75.0 cm³/mol. The maximum atomic E-state index is 5.98. The first-order valence-corrected chi connectivity index (χ1v) is 9.12. The molecule has 3 nitrogen and oxygen atoms in total. The third kappa shape index (κ3) is 8.40. The van der Waals surface area contributed by atoms with E-state index in [0.29, 0.717) is 25.7 Å². The zero-order valence-electron chi connectivity index (χ0n) is 11.0. The van der Waals surface area contributed by atoms with Gasteiger partial charge in [-0.1, -0.05) is 0 Å². The summed E-state index contributed by atoms with van der Waals surface area (Å²) in [5.74, 6) is 0.592. The lowest BCUT2D eigenvalue weighted by molar-refractivity contribution is 0.0668. The molecule has 0 rings (SSSR count). The Kier molecular flexibility index (Phi) is 11.0. The molecule has 17 heavy (non-hydrogen) atoms. The molecule has 6 heteroatoms. The van der Waals surface area contributed by atoms with Crippen molar-refractivity contribution in [1.29, 1.82) is 0 Å². The smallest absolute Gasteiger partial charge is 0.374 e. The van der Waals surface area contributed by atoms with Gasteiger partial charge in [-0.2, -0.15) is 0 Å². The molecule has 0 saturated heterocycles. The van der Waals surface area contributed by atoms with Gasteiger partial charge in [-0.15, -0.1) is 23.2 Å².